The summed E-state index contributed by atoms with van der Waals surface area (Å²) in [6, 6.07) is 4.67. The molecule has 2 N–H and O–H groups in total. The van der Waals surface area contributed by atoms with Gasteiger partial charge in [0.1, 0.15) is 6.10 Å². The topological polar surface area (TPSA) is 37.2 Å². The minimum Gasteiger partial charge on any atom is -0.385 e. The van der Waals surface area contributed by atoms with Gasteiger partial charge in [-0.2, -0.15) is 0 Å². The van der Waals surface area contributed by atoms with Crippen LogP contribution in [0.25, 0.3) is 0 Å². The Labute approximate surface area is 91.1 Å². The van der Waals surface area contributed by atoms with Crippen LogP contribution in [0, 0.1) is 0 Å². The number of hydrogen-bond donors (Lipinski definition) is 2. The molecule has 0 saturated carbocycles. The van der Waals surface area contributed by atoms with E-state index in [4.69, 9.17) is 0 Å². The zero-order valence-electron chi connectivity index (χ0n) is 9.48. The van der Waals surface area contributed by atoms with Gasteiger partial charge in [0.25, 0.3) is 0 Å². The first-order chi connectivity index (χ1) is 7.20. The van der Waals surface area contributed by atoms with Crippen molar-refractivity contribution in [1.82, 2.24) is 9.88 Å². The van der Waals surface area contributed by atoms with Crippen LogP contribution in [0.4, 0.5) is 0 Å². The summed E-state index contributed by atoms with van der Waals surface area (Å²) in [5.74, 6) is 0. The summed E-state index contributed by atoms with van der Waals surface area (Å²) in [6.45, 7) is 5.31. The van der Waals surface area contributed by atoms with Gasteiger partial charge in [-0.1, -0.05) is 0 Å². The highest BCUT2D eigenvalue weighted by atomic mass is 16.3. The third-order valence-corrected chi connectivity index (χ3v) is 3.15. The molecule has 0 amide bonds. The Bertz CT molecular complexity index is 313. The molecule has 1 aromatic heterocycles. The van der Waals surface area contributed by atoms with E-state index in [9.17, 15) is 5.11 Å². The van der Waals surface area contributed by atoms with Crippen molar-refractivity contribution in [3.8, 4) is 0 Å². The Morgan fingerprint density at radius 3 is 2.93 bits per heavy atom. The van der Waals surface area contributed by atoms with E-state index in [0.717, 1.165) is 18.7 Å². The Morgan fingerprint density at radius 1 is 1.53 bits per heavy atom. The molecule has 3 heteroatoms. The van der Waals surface area contributed by atoms with Gasteiger partial charge >= 0.3 is 0 Å². The first-order valence-electron chi connectivity index (χ1n) is 5.78. The van der Waals surface area contributed by atoms with Gasteiger partial charge in [0.15, 0.2) is 0 Å². The molecule has 1 aromatic rings. The van der Waals surface area contributed by atoms with Crippen molar-refractivity contribution in [2.24, 2.45) is 0 Å². The summed E-state index contributed by atoms with van der Waals surface area (Å²) in [5.41, 5.74) is 1.03. The van der Waals surface area contributed by atoms with Crippen LogP contribution in [0.1, 0.15) is 44.5 Å². The molecule has 1 saturated heterocycles. The van der Waals surface area contributed by atoms with Crippen LogP contribution >= 0.6 is 0 Å². The van der Waals surface area contributed by atoms with Gasteiger partial charge in [-0.25, -0.2) is 0 Å². The molecular formula is C12H20N2O. The molecule has 0 radical (unpaired) electrons. The Kier molecular flexibility index (Phi) is 3.12. The van der Waals surface area contributed by atoms with Gasteiger partial charge in [0.05, 0.1) is 0 Å². The van der Waals surface area contributed by atoms with Crippen molar-refractivity contribution in [3.63, 3.8) is 0 Å². The predicted octanol–water partition coefficient (Wildman–Crippen LogP) is 1.85. The number of aromatic nitrogens is 1. The first-order valence-corrected chi connectivity index (χ1v) is 5.78. The van der Waals surface area contributed by atoms with E-state index in [2.05, 4.69) is 23.7 Å². The Hall–Kier alpha value is -0.800. The van der Waals surface area contributed by atoms with Crippen LogP contribution in [0.3, 0.4) is 0 Å². The summed E-state index contributed by atoms with van der Waals surface area (Å²) in [6.07, 6.45) is 3.91. The lowest BCUT2D eigenvalue weighted by Crippen LogP contribution is -2.30. The van der Waals surface area contributed by atoms with Crippen molar-refractivity contribution in [2.45, 2.75) is 44.9 Å². The van der Waals surface area contributed by atoms with Crippen molar-refractivity contribution in [3.05, 3.63) is 24.0 Å². The third kappa shape index (κ3) is 2.08. The molecule has 0 spiro atoms. The van der Waals surface area contributed by atoms with Gasteiger partial charge < -0.3 is 15.0 Å². The second kappa shape index (κ2) is 4.37. The molecule has 1 fully saturated rings. The van der Waals surface area contributed by atoms with E-state index < -0.39 is 0 Å². The number of hydrogen-bond acceptors (Lipinski definition) is 2. The minimum absolute atomic E-state index is 0.234. The number of aliphatic hydroxyl groups excluding tert-OH is 1. The molecule has 84 valence electrons. The predicted molar refractivity (Wildman–Crippen MR) is 60.8 cm³/mol. The van der Waals surface area contributed by atoms with Gasteiger partial charge in [-0.15, -0.1) is 0 Å². The largest absolute Gasteiger partial charge is 0.385 e. The zero-order chi connectivity index (χ0) is 10.8. The monoisotopic (exact) mass is 208 g/mol. The van der Waals surface area contributed by atoms with Crippen LogP contribution in [-0.4, -0.2) is 22.3 Å². The molecule has 1 aliphatic heterocycles. The average Bonchev–Trinajstić information content (AvgIpc) is 2.88. The maximum atomic E-state index is 10.3. The van der Waals surface area contributed by atoms with Crippen LogP contribution in [0.15, 0.2) is 18.3 Å². The lowest BCUT2D eigenvalue weighted by Gasteiger charge is -2.22. The van der Waals surface area contributed by atoms with E-state index in [-0.39, 0.29) is 12.1 Å². The molecule has 2 heterocycles. The molecule has 0 bridgehead atoms. The summed E-state index contributed by atoms with van der Waals surface area (Å²) >= 11 is 0. The SMILES string of the molecule is CC(C)n1cccc1C(O)C1CCCN1. The van der Waals surface area contributed by atoms with Gasteiger partial charge in [0.2, 0.25) is 0 Å². The minimum atomic E-state index is -0.370. The summed E-state index contributed by atoms with van der Waals surface area (Å²) in [4.78, 5) is 0. The number of nitrogens with one attached hydrogen (secondary N) is 1. The van der Waals surface area contributed by atoms with Crippen LogP contribution in [0.5, 0.6) is 0 Å². The van der Waals surface area contributed by atoms with Gasteiger partial charge in [-0.05, 0) is 45.4 Å². The third-order valence-electron chi connectivity index (χ3n) is 3.15. The Balaban J connectivity index is 2.16. The lowest BCUT2D eigenvalue weighted by atomic mass is 10.1. The average molecular weight is 208 g/mol. The van der Waals surface area contributed by atoms with Crippen molar-refractivity contribution in [1.29, 1.82) is 0 Å². The van der Waals surface area contributed by atoms with Gasteiger partial charge in [0, 0.05) is 24.0 Å². The quantitative estimate of drug-likeness (QED) is 0.795. The zero-order valence-corrected chi connectivity index (χ0v) is 9.48. The first kappa shape index (κ1) is 10.7. The van der Waals surface area contributed by atoms with E-state index >= 15 is 0 Å². The van der Waals surface area contributed by atoms with E-state index in [1.807, 2.05) is 18.3 Å². The smallest absolute Gasteiger partial charge is 0.109 e. The number of nitrogens with zero attached hydrogens (tertiary/aromatic N) is 1. The highest BCUT2D eigenvalue weighted by Gasteiger charge is 2.26. The van der Waals surface area contributed by atoms with Crippen molar-refractivity contribution in [2.75, 3.05) is 6.54 Å². The molecule has 2 rings (SSSR count). The molecule has 2 atom stereocenters. The van der Waals surface area contributed by atoms with Crippen LogP contribution < -0.4 is 5.32 Å². The molecule has 1 aliphatic rings. The number of rotatable bonds is 3. The van der Waals surface area contributed by atoms with E-state index in [1.54, 1.807) is 0 Å². The maximum Gasteiger partial charge on any atom is 0.109 e. The molecule has 3 nitrogen and oxygen atoms in total. The van der Waals surface area contributed by atoms with Gasteiger partial charge in [-0.3, -0.25) is 0 Å². The normalized spacial score (nSPS) is 23.6. The van der Waals surface area contributed by atoms with Crippen molar-refractivity contribution >= 4 is 0 Å². The summed E-state index contributed by atoms with van der Waals surface area (Å²) < 4.78 is 2.14. The fourth-order valence-corrected chi connectivity index (χ4v) is 2.32. The molecule has 15 heavy (non-hydrogen) atoms. The summed E-state index contributed by atoms with van der Waals surface area (Å²) in [7, 11) is 0. The highest BCUT2D eigenvalue weighted by Crippen LogP contribution is 2.25. The molecular weight excluding hydrogens is 188 g/mol. The van der Waals surface area contributed by atoms with E-state index in [0.29, 0.717) is 6.04 Å². The lowest BCUT2D eigenvalue weighted by molar-refractivity contribution is 0.127. The standard InChI is InChI=1S/C12H20N2O/c1-9(2)14-8-4-6-11(14)12(15)10-5-3-7-13-10/h4,6,8-10,12-13,15H,3,5,7H2,1-2H3. The van der Waals surface area contributed by atoms with Crippen LogP contribution in [0.2, 0.25) is 0 Å². The molecule has 0 aliphatic carbocycles. The highest BCUT2D eigenvalue weighted by molar-refractivity contribution is 5.13. The second-order valence-corrected chi connectivity index (χ2v) is 4.58. The maximum absolute atomic E-state index is 10.3. The fraction of sp³-hybridized carbons (Fsp3) is 0.667. The van der Waals surface area contributed by atoms with Crippen LogP contribution in [-0.2, 0) is 0 Å². The summed E-state index contributed by atoms with van der Waals surface area (Å²) in [5, 5.41) is 13.6. The Morgan fingerprint density at radius 2 is 2.33 bits per heavy atom. The molecule has 0 aromatic carbocycles. The fourth-order valence-electron chi connectivity index (χ4n) is 2.32. The second-order valence-electron chi connectivity index (χ2n) is 4.58. The number of aliphatic hydroxyl groups is 1. The van der Waals surface area contributed by atoms with E-state index in [1.165, 1.54) is 6.42 Å². The molecule has 2 unspecified atom stereocenters. The van der Waals surface area contributed by atoms with Crippen molar-refractivity contribution < 1.29 is 5.11 Å².